The van der Waals surface area contributed by atoms with E-state index in [0.29, 0.717) is 0 Å². The monoisotopic (exact) mass is 438 g/mol. The molecule has 0 radical (unpaired) electrons. The third kappa shape index (κ3) is 5.38. The summed E-state index contributed by atoms with van der Waals surface area (Å²) in [5, 5.41) is 7.26. The predicted octanol–water partition coefficient (Wildman–Crippen LogP) is 6.09. The molecule has 0 saturated heterocycles. The quantitative estimate of drug-likeness (QED) is 0.267. The van der Waals surface area contributed by atoms with Crippen LogP contribution in [0.3, 0.4) is 0 Å². The van der Waals surface area contributed by atoms with E-state index < -0.39 is 7.92 Å². The van der Waals surface area contributed by atoms with Crippen molar-refractivity contribution >= 4 is 51.1 Å². The standard InChI is InChI=1S/C18H15P.C5H5BrS/c1-4-10-16(11-5-1)19(17-12-6-2-7-13-17)18-14-8-3-9-15-18;6-4-5-2-1-3-7-5/h1-15H;1-3H,4H2. The van der Waals surface area contributed by atoms with E-state index in [-0.39, 0.29) is 0 Å². The van der Waals surface area contributed by atoms with Crippen molar-refractivity contribution in [2.75, 3.05) is 0 Å². The summed E-state index contributed by atoms with van der Waals surface area (Å²) >= 11 is 5.12. The van der Waals surface area contributed by atoms with E-state index in [4.69, 9.17) is 0 Å². The van der Waals surface area contributed by atoms with Crippen LogP contribution in [0.5, 0.6) is 0 Å². The molecular formula is C23H20BrPS. The van der Waals surface area contributed by atoms with Crippen molar-refractivity contribution in [1.29, 1.82) is 0 Å². The Kier molecular flexibility index (Phi) is 7.64. The Balaban J connectivity index is 0.000000236. The first kappa shape index (κ1) is 19.0. The summed E-state index contributed by atoms with van der Waals surface area (Å²) in [5.74, 6) is 0. The summed E-state index contributed by atoms with van der Waals surface area (Å²) in [7, 11) is -0.446. The number of alkyl halides is 1. The van der Waals surface area contributed by atoms with Crippen LogP contribution in [0.25, 0.3) is 0 Å². The highest BCUT2D eigenvalue weighted by molar-refractivity contribution is 9.08. The SMILES string of the molecule is BrCc1cccs1.c1ccc(P(c2ccccc2)c2ccccc2)cc1. The van der Waals surface area contributed by atoms with Gasteiger partial charge in [-0.05, 0) is 35.3 Å². The number of halogens is 1. The molecule has 1 heterocycles. The Labute approximate surface area is 169 Å². The van der Waals surface area contributed by atoms with E-state index in [1.54, 1.807) is 11.3 Å². The third-order valence-electron chi connectivity index (χ3n) is 3.75. The van der Waals surface area contributed by atoms with Crippen molar-refractivity contribution in [2.45, 2.75) is 5.33 Å². The molecule has 3 aromatic carbocycles. The summed E-state index contributed by atoms with van der Waals surface area (Å²) in [5.41, 5.74) is 0. The Hall–Kier alpha value is -1.73. The van der Waals surface area contributed by atoms with E-state index >= 15 is 0 Å². The van der Waals surface area contributed by atoms with Gasteiger partial charge < -0.3 is 0 Å². The van der Waals surface area contributed by atoms with Gasteiger partial charge in [0, 0.05) is 10.2 Å². The Morgan fingerprint density at radius 1 is 0.577 bits per heavy atom. The Bertz CT molecular complexity index is 768. The number of hydrogen-bond acceptors (Lipinski definition) is 1. The van der Waals surface area contributed by atoms with Gasteiger partial charge in [-0.15, -0.1) is 11.3 Å². The average molecular weight is 439 g/mol. The minimum Gasteiger partial charge on any atom is -0.148 e. The van der Waals surface area contributed by atoms with E-state index in [1.807, 2.05) is 0 Å². The molecule has 130 valence electrons. The molecule has 3 heteroatoms. The third-order valence-corrected chi connectivity index (χ3v) is 8.05. The van der Waals surface area contributed by atoms with Gasteiger partial charge in [0.1, 0.15) is 0 Å². The van der Waals surface area contributed by atoms with E-state index in [0.717, 1.165) is 5.33 Å². The molecule has 4 rings (SSSR count). The van der Waals surface area contributed by atoms with Crippen LogP contribution < -0.4 is 15.9 Å². The first-order valence-corrected chi connectivity index (χ1v) is 11.8. The van der Waals surface area contributed by atoms with Gasteiger partial charge in [-0.1, -0.05) is 113 Å². The van der Waals surface area contributed by atoms with Gasteiger partial charge in [-0.25, -0.2) is 0 Å². The molecule has 1 aromatic heterocycles. The molecule has 26 heavy (non-hydrogen) atoms. The first-order chi connectivity index (χ1) is 12.9. The van der Waals surface area contributed by atoms with Crippen LogP contribution in [0.1, 0.15) is 4.88 Å². The lowest BCUT2D eigenvalue weighted by atomic mass is 10.4. The fourth-order valence-electron chi connectivity index (χ4n) is 2.57. The zero-order chi connectivity index (χ0) is 18.0. The van der Waals surface area contributed by atoms with Crippen LogP contribution in [-0.4, -0.2) is 0 Å². The molecule has 0 fully saturated rings. The van der Waals surface area contributed by atoms with E-state index in [1.165, 1.54) is 20.8 Å². The summed E-state index contributed by atoms with van der Waals surface area (Å²) in [6.45, 7) is 0. The second-order valence-electron chi connectivity index (χ2n) is 5.56. The summed E-state index contributed by atoms with van der Waals surface area (Å²) in [4.78, 5) is 1.39. The molecule has 0 bridgehead atoms. The molecule has 0 N–H and O–H groups in total. The van der Waals surface area contributed by atoms with Gasteiger partial charge in [0.05, 0.1) is 0 Å². The molecule has 4 aromatic rings. The van der Waals surface area contributed by atoms with Crippen molar-refractivity contribution < 1.29 is 0 Å². The van der Waals surface area contributed by atoms with Crippen LogP contribution in [0.2, 0.25) is 0 Å². The average Bonchev–Trinajstić information content (AvgIpc) is 3.25. The van der Waals surface area contributed by atoms with Gasteiger partial charge >= 0.3 is 0 Å². The van der Waals surface area contributed by atoms with Crippen molar-refractivity contribution in [1.82, 2.24) is 0 Å². The second-order valence-corrected chi connectivity index (χ2v) is 9.37. The van der Waals surface area contributed by atoms with Crippen LogP contribution in [0.4, 0.5) is 0 Å². The molecule has 0 atom stereocenters. The lowest BCUT2D eigenvalue weighted by Crippen LogP contribution is -2.20. The minimum absolute atomic E-state index is 0.446. The van der Waals surface area contributed by atoms with Crippen LogP contribution >= 0.6 is 35.2 Å². The fraction of sp³-hybridized carbons (Fsp3) is 0.0435. The molecule has 0 nitrogen and oxygen atoms in total. The molecule has 0 amide bonds. The molecule has 0 unspecified atom stereocenters. The van der Waals surface area contributed by atoms with Gasteiger partial charge in [0.25, 0.3) is 0 Å². The first-order valence-electron chi connectivity index (χ1n) is 8.42. The number of hydrogen-bond donors (Lipinski definition) is 0. The van der Waals surface area contributed by atoms with Gasteiger partial charge in [0.15, 0.2) is 0 Å². The second kappa shape index (κ2) is 10.4. The maximum Gasteiger partial charge on any atom is 0.0377 e. The molecule has 0 aliphatic carbocycles. The Morgan fingerprint density at radius 3 is 1.27 bits per heavy atom. The van der Waals surface area contributed by atoms with Crippen molar-refractivity contribution in [2.24, 2.45) is 0 Å². The molecule has 0 aliphatic rings. The summed E-state index contributed by atoms with van der Waals surface area (Å²) in [6.07, 6.45) is 0. The maximum atomic E-state index is 3.35. The van der Waals surface area contributed by atoms with E-state index in [9.17, 15) is 0 Å². The highest BCUT2D eigenvalue weighted by atomic mass is 79.9. The topological polar surface area (TPSA) is 0 Å². The van der Waals surface area contributed by atoms with Crippen molar-refractivity contribution in [3.8, 4) is 0 Å². The summed E-state index contributed by atoms with van der Waals surface area (Å²) in [6, 6.07) is 36.5. The smallest absolute Gasteiger partial charge is 0.0377 e. The Morgan fingerprint density at radius 2 is 1.00 bits per heavy atom. The van der Waals surface area contributed by atoms with E-state index in [2.05, 4.69) is 124 Å². The molecule has 0 saturated carbocycles. The van der Waals surface area contributed by atoms with Crippen LogP contribution in [0.15, 0.2) is 109 Å². The zero-order valence-electron chi connectivity index (χ0n) is 14.3. The summed E-state index contributed by atoms with van der Waals surface area (Å²) < 4.78 is 0. The predicted molar refractivity (Wildman–Crippen MR) is 122 cm³/mol. The lowest BCUT2D eigenvalue weighted by Gasteiger charge is -2.18. The maximum absolute atomic E-state index is 3.35. The van der Waals surface area contributed by atoms with Crippen molar-refractivity contribution in [3.05, 3.63) is 113 Å². The van der Waals surface area contributed by atoms with Crippen LogP contribution in [-0.2, 0) is 5.33 Å². The number of benzene rings is 3. The zero-order valence-corrected chi connectivity index (χ0v) is 17.6. The van der Waals surface area contributed by atoms with Crippen LogP contribution in [0, 0.1) is 0 Å². The normalized spacial score (nSPS) is 10.2. The highest BCUT2D eigenvalue weighted by Crippen LogP contribution is 2.32. The molecule has 0 aliphatic heterocycles. The lowest BCUT2D eigenvalue weighted by molar-refractivity contribution is 1.59. The molecule has 0 spiro atoms. The van der Waals surface area contributed by atoms with Gasteiger partial charge in [-0.2, -0.15) is 0 Å². The van der Waals surface area contributed by atoms with Crippen molar-refractivity contribution in [3.63, 3.8) is 0 Å². The highest BCUT2D eigenvalue weighted by Gasteiger charge is 2.14. The van der Waals surface area contributed by atoms with Gasteiger partial charge in [0.2, 0.25) is 0 Å². The molecular weight excluding hydrogens is 419 g/mol. The largest absolute Gasteiger partial charge is 0.148 e. The number of rotatable bonds is 4. The fourth-order valence-corrected chi connectivity index (χ4v) is 6.01. The minimum atomic E-state index is -0.446. The van der Waals surface area contributed by atoms with Gasteiger partial charge in [-0.3, -0.25) is 0 Å². The number of thiophene rings is 1.